The third-order valence-corrected chi connectivity index (χ3v) is 4.38. The molecule has 3 rings (SSSR count). The molecule has 1 aromatic rings. The maximum absolute atomic E-state index is 5.35. The van der Waals surface area contributed by atoms with Crippen LogP contribution in [0.5, 0.6) is 11.5 Å². The molecule has 1 aromatic carbocycles. The van der Waals surface area contributed by atoms with Crippen molar-refractivity contribution in [2.45, 2.75) is 18.9 Å². The first-order valence-corrected chi connectivity index (χ1v) is 7.01. The van der Waals surface area contributed by atoms with E-state index in [-0.39, 0.29) is 0 Å². The molecule has 1 N–H and O–H groups in total. The molecule has 2 saturated heterocycles. The molecule has 19 heavy (non-hydrogen) atoms. The number of hydrogen-bond acceptors (Lipinski definition) is 4. The number of benzene rings is 1. The Balaban J connectivity index is 1.81. The van der Waals surface area contributed by atoms with Gasteiger partial charge in [0, 0.05) is 43.0 Å². The maximum atomic E-state index is 5.35. The molecule has 0 amide bonds. The molecule has 2 fully saturated rings. The van der Waals surface area contributed by atoms with E-state index in [1.165, 1.54) is 25.1 Å². The molecule has 2 heterocycles. The molecule has 0 radical (unpaired) electrons. The van der Waals surface area contributed by atoms with Crippen LogP contribution in [0.1, 0.15) is 12.8 Å². The fourth-order valence-corrected chi connectivity index (χ4v) is 3.24. The maximum Gasteiger partial charge on any atom is 0.124 e. The Morgan fingerprint density at radius 1 is 1.11 bits per heavy atom. The lowest BCUT2D eigenvalue weighted by Crippen LogP contribution is -2.46. The van der Waals surface area contributed by atoms with Gasteiger partial charge in [-0.1, -0.05) is 0 Å². The second-order valence-corrected chi connectivity index (χ2v) is 5.41. The van der Waals surface area contributed by atoms with Gasteiger partial charge in [0.15, 0.2) is 0 Å². The minimum atomic E-state index is 0.644. The van der Waals surface area contributed by atoms with Gasteiger partial charge in [-0.2, -0.15) is 0 Å². The summed E-state index contributed by atoms with van der Waals surface area (Å²) in [7, 11) is 3.40. The van der Waals surface area contributed by atoms with Gasteiger partial charge >= 0.3 is 0 Å². The van der Waals surface area contributed by atoms with Crippen molar-refractivity contribution >= 4 is 5.69 Å². The summed E-state index contributed by atoms with van der Waals surface area (Å²) in [6, 6.07) is 6.76. The monoisotopic (exact) mass is 262 g/mol. The Morgan fingerprint density at radius 3 is 2.53 bits per heavy atom. The average Bonchev–Trinajstić information content (AvgIpc) is 2.94. The zero-order chi connectivity index (χ0) is 13.2. The van der Waals surface area contributed by atoms with Crippen molar-refractivity contribution in [1.82, 2.24) is 5.32 Å². The topological polar surface area (TPSA) is 33.7 Å². The van der Waals surface area contributed by atoms with E-state index in [9.17, 15) is 0 Å². The van der Waals surface area contributed by atoms with Gasteiger partial charge in [-0.3, -0.25) is 0 Å². The Kier molecular flexibility index (Phi) is 3.51. The first kappa shape index (κ1) is 12.6. The number of piperidine rings is 1. The number of nitrogens with zero attached hydrogens (tertiary/aromatic N) is 1. The molecule has 4 heteroatoms. The Bertz CT molecular complexity index is 428. The molecule has 0 aliphatic carbocycles. The third-order valence-electron chi connectivity index (χ3n) is 4.38. The normalized spacial score (nSPS) is 26.1. The molecule has 2 atom stereocenters. The molecule has 2 aliphatic heterocycles. The van der Waals surface area contributed by atoms with Gasteiger partial charge < -0.3 is 19.7 Å². The summed E-state index contributed by atoms with van der Waals surface area (Å²) in [4.78, 5) is 2.44. The fourth-order valence-electron chi connectivity index (χ4n) is 3.24. The van der Waals surface area contributed by atoms with Gasteiger partial charge in [0.05, 0.1) is 14.2 Å². The Labute approximate surface area is 114 Å². The highest BCUT2D eigenvalue weighted by molar-refractivity contribution is 5.56. The molecule has 4 nitrogen and oxygen atoms in total. The van der Waals surface area contributed by atoms with E-state index in [2.05, 4.69) is 22.3 Å². The number of ether oxygens (including phenoxy) is 2. The van der Waals surface area contributed by atoms with Crippen LogP contribution in [0, 0.1) is 5.92 Å². The predicted molar refractivity (Wildman–Crippen MR) is 76.3 cm³/mol. The molecule has 0 bridgehead atoms. The second kappa shape index (κ2) is 5.29. The number of nitrogens with one attached hydrogen (secondary N) is 1. The SMILES string of the molecule is COc1cc(OC)cc(N2CCC3CCNC3C2)c1. The summed E-state index contributed by atoms with van der Waals surface area (Å²) < 4.78 is 10.7. The minimum absolute atomic E-state index is 0.644. The summed E-state index contributed by atoms with van der Waals surface area (Å²) in [6.45, 7) is 3.38. The predicted octanol–water partition coefficient (Wildman–Crippen LogP) is 1.89. The Morgan fingerprint density at radius 2 is 1.84 bits per heavy atom. The second-order valence-electron chi connectivity index (χ2n) is 5.41. The smallest absolute Gasteiger partial charge is 0.124 e. The van der Waals surface area contributed by atoms with Crippen LogP contribution in [0.2, 0.25) is 0 Å². The highest BCUT2D eigenvalue weighted by Crippen LogP contribution is 2.32. The summed E-state index contributed by atoms with van der Waals surface area (Å²) in [5.41, 5.74) is 1.20. The summed E-state index contributed by atoms with van der Waals surface area (Å²) in [6.07, 6.45) is 2.61. The van der Waals surface area contributed by atoms with E-state index in [1.807, 2.05) is 6.07 Å². The highest BCUT2D eigenvalue weighted by atomic mass is 16.5. The van der Waals surface area contributed by atoms with E-state index >= 15 is 0 Å². The van der Waals surface area contributed by atoms with Crippen molar-refractivity contribution in [3.05, 3.63) is 18.2 Å². The van der Waals surface area contributed by atoms with Gasteiger partial charge in [0.2, 0.25) is 0 Å². The summed E-state index contributed by atoms with van der Waals surface area (Å²) in [5, 5.41) is 3.61. The Hall–Kier alpha value is -1.42. The molecule has 104 valence electrons. The van der Waals surface area contributed by atoms with Crippen molar-refractivity contribution in [3.63, 3.8) is 0 Å². The lowest BCUT2D eigenvalue weighted by atomic mass is 9.92. The zero-order valence-electron chi connectivity index (χ0n) is 11.7. The van der Waals surface area contributed by atoms with Gasteiger partial charge in [-0.05, 0) is 25.3 Å². The van der Waals surface area contributed by atoms with E-state index < -0.39 is 0 Å². The van der Waals surface area contributed by atoms with Gasteiger partial charge in [-0.25, -0.2) is 0 Å². The molecular formula is C15H22N2O2. The first-order valence-electron chi connectivity index (χ1n) is 7.01. The van der Waals surface area contributed by atoms with E-state index in [0.717, 1.165) is 30.5 Å². The van der Waals surface area contributed by atoms with Crippen LogP contribution in [0.25, 0.3) is 0 Å². The van der Waals surface area contributed by atoms with Crippen molar-refractivity contribution in [1.29, 1.82) is 0 Å². The van der Waals surface area contributed by atoms with Crippen LogP contribution >= 0.6 is 0 Å². The first-order chi connectivity index (χ1) is 9.30. The molecule has 2 unspecified atom stereocenters. The number of anilines is 1. The standard InChI is InChI=1S/C15H22N2O2/c1-18-13-7-12(8-14(9-13)19-2)17-6-4-11-3-5-16-15(11)10-17/h7-9,11,15-16H,3-6,10H2,1-2H3. The fraction of sp³-hybridized carbons (Fsp3) is 0.600. The molecular weight excluding hydrogens is 240 g/mol. The van der Waals surface area contributed by atoms with Crippen molar-refractivity contribution in [2.24, 2.45) is 5.92 Å². The average molecular weight is 262 g/mol. The van der Waals surface area contributed by atoms with E-state index in [4.69, 9.17) is 9.47 Å². The van der Waals surface area contributed by atoms with Crippen LogP contribution in [0.15, 0.2) is 18.2 Å². The van der Waals surface area contributed by atoms with Gasteiger partial charge in [0.25, 0.3) is 0 Å². The van der Waals surface area contributed by atoms with Gasteiger partial charge in [-0.15, -0.1) is 0 Å². The zero-order valence-corrected chi connectivity index (χ0v) is 11.7. The lowest BCUT2D eigenvalue weighted by molar-refractivity contribution is 0.371. The largest absolute Gasteiger partial charge is 0.497 e. The van der Waals surface area contributed by atoms with Crippen molar-refractivity contribution in [3.8, 4) is 11.5 Å². The molecule has 2 aliphatic rings. The van der Waals surface area contributed by atoms with Crippen molar-refractivity contribution in [2.75, 3.05) is 38.8 Å². The number of hydrogen-bond donors (Lipinski definition) is 1. The van der Waals surface area contributed by atoms with Crippen LogP contribution in [-0.4, -0.2) is 39.9 Å². The number of methoxy groups -OCH3 is 2. The van der Waals surface area contributed by atoms with Gasteiger partial charge in [0.1, 0.15) is 11.5 Å². The van der Waals surface area contributed by atoms with E-state index in [0.29, 0.717) is 6.04 Å². The van der Waals surface area contributed by atoms with Crippen LogP contribution in [0.3, 0.4) is 0 Å². The number of fused-ring (bicyclic) bond motifs is 1. The number of rotatable bonds is 3. The summed E-state index contributed by atoms with van der Waals surface area (Å²) in [5.74, 6) is 2.58. The minimum Gasteiger partial charge on any atom is -0.497 e. The van der Waals surface area contributed by atoms with E-state index in [1.54, 1.807) is 14.2 Å². The van der Waals surface area contributed by atoms with Crippen molar-refractivity contribution < 1.29 is 9.47 Å². The van der Waals surface area contributed by atoms with Crippen LogP contribution in [-0.2, 0) is 0 Å². The lowest BCUT2D eigenvalue weighted by Gasteiger charge is -2.36. The van der Waals surface area contributed by atoms with Crippen LogP contribution < -0.4 is 19.7 Å². The molecule has 0 aromatic heterocycles. The molecule has 0 spiro atoms. The summed E-state index contributed by atoms with van der Waals surface area (Å²) >= 11 is 0. The van der Waals surface area contributed by atoms with Crippen LogP contribution in [0.4, 0.5) is 5.69 Å². The molecule has 0 saturated carbocycles. The highest BCUT2D eigenvalue weighted by Gasteiger charge is 2.32. The third kappa shape index (κ3) is 2.50. The quantitative estimate of drug-likeness (QED) is 0.902.